The first-order valence-corrected chi connectivity index (χ1v) is 10.6. The van der Waals surface area contributed by atoms with Gasteiger partial charge in [-0.05, 0) is 42.9 Å². The van der Waals surface area contributed by atoms with Crippen LogP contribution in [0.15, 0.2) is 42.7 Å². The molecule has 0 amide bonds. The van der Waals surface area contributed by atoms with Crippen LogP contribution in [0.2, 0.25) is 0 Å². The third-order valence-corrected chi connectivity index (χ3v) is 6.67. The number of piperidine rings is 2. The Balaban J connectivity index is 1.35. The largest absolute Gasteiger partial charge is 0.369 e. The van der Waals surface area contributed by atoms with Crippen LogP contribution in [0.3, 0.4) is 0 Å². The highest BCUT2D eigenvalue weighted by Gasteiger charge is 2.42. The van der Waals surface area contributed by atoms with Crippen LogP contribution >= 0.6 is 0 Å². The lowest BCUT2D eigenvalue weighted by Gasteiger charge is -2.36. The number of benzene rings is 1. The van der Waals surface area contributed by atoms with E-state index in [1.165, 1.54) is 5.56 Å². The molecule has 5 N–H and O–H groups in total. The average molecular weight is 397 g/mol. The van der Waals surface area contributed by atoms with Crippen LogP contribution < -0.4 is 26.8 Å². The molecule has 1 aromatic carbocycles. The molecule has 6 nitrogen and oxygen atoms in total. The van der Waals surface area contributed by atoms with E-state index < -0.39 is 0 Å². The molecule has 2 aromatic rings. The predicted octanol–water partition coefficient (Wildman–Crippen LogP) is 2.02. The molecule has 0 spiro atoms. The van der Waals surface area contributed by atoms with Gasteiger partial charge in [0.1, 0.15) is 5.82 Å². The molecule has 3 saturated heterocycles. The Morgan fingerprint density at radius 2 is 2.07 bits per heavy atom. The van der Waals surface area contributed by atoms with Crippen molar-refractivity contribution in [2.45, 2.75) is 43.4 Å². The van der Waals surface area contributed by atoms with Gasteiger partial charge in [-0.1, -0.05) is 18.2 Å². The third kappa shape index (κ3) is 3.75. The zero-order chi connectivity index (χ0) is 19.8. The van der Waals surface area contributed by atoms with Gasteiger partial charge < -0.3 is 16.0 Å². The summed E-state index contributed by atoms with van der Waals surface area (Å²) < 4.78 is 14.4. The Morgan fingerprint density at radius 1 is 1.17 bits per heavy atom. The summed E-state index contributed by atoms with van der Waals surface area (Å²) in [5.41, 5.74) is 15.9. The molecular weight excluding hydrogens is 367 g/mol. The molecule has 0 aliphatic carbocycles. The number of aromatic nitrogens is 1. The Kier molecular flexibility index (Phi) is 5.22. The Bertz CT molecular complexity index is 861. The fraction of sp³-hybridized carbons (Fsp3) is 0.500. The Morgan fingerprint density at radius 3 is 2.93 bits per heavy atom. The molecule has 4 unspecified atom stereocenters. The van der Waals surface area contributed by atoms with Gasteiger partial charge >= 0.3 is 0 Å². The van der Waals surface area contributed by atoms with Crippen molar-refractivity contribution in [2.24, 2.45) is 11.7 Å². The van der Waals surface area contributed by atoms with Gasteiger partial charge in [-0.3, -0.25) is 10.4 Å². The minimum absolute atomic E-state index is 0.0259. The van der Waals surface area contributed by atoms with Crippen LogP contribution in [0.25, 0.3) is 0 Å². The molecule has 3 aliphatic heterocycles. The molecule has 1 aromatic heterocycles. The summed E-state index contributed by atoms with van der Waals surface area (Å²) in [5, 5.41) is 3.65. The zero-order valence-corrected chi connectivity index (χ0v) is 16.5. The lowest BCUT2D eigenvalue weighted by atomic mass is 9.80. The summed E-state index contributed by atoms with van der Waals surface area (Å²) in [7, 11) is 0. The number of pyridine rings is 1. The molecule has 5 rings (SSSR count). The molecular formula is C22H29FN6. The zero-order valence-electron chi connectivity index (χ0n) is 16.5. The summed E-state index contributed by atoms with van der Waals surface area (Å²) in [4.78, 5) is 6.87. The van der Waals surface area contributed by atoms with Gasteiger partial charge in [0, 0.05) is 49.5 Å². The summed E-state index contributed by atoms with van der Waals surface area (Å²) in [6.45, 7) is 2.76. The number of nitrogens with zero attached hydrogens (tertiary/aromatic N) is 2. The number of anilines is 1. The van der Waals surface area contributed by atoms with E-state index in [9.17, 15) is 4.39 Å². The number of hydrogen-bond acceptors (Lipinski definition) is 6. The van der Waals surface area contributed by atoms with Crippen LogP contribution in [0.4, 0.5) is 10.1 Å². The topological polar surface area (TPSA) is 78.2 Å². The first-order chi connectivity index (χ1) is 14.2. The van der Waals surface area contributed by atoms with E-state index in [-0.39, 0.29) is 30.0 Å². The van der Waals surface area contributed by atoms with Gasteiger partial charge in [0.2, 0.25) is 0 Å². The van der Waals surface area contributed by atoms with E-state index in [1.54, 1.807) is 12.1 Å². The molecule has 0 bridgehead atoms. The fourth-order valence-corrected chi connectivity index (χ4v) is 5.11. The van der Waals surface area contributed by atoms with E-state index >= 15 is 0 Å². The van der Waals surface area contributed by atoms with Gasteiger partial charge in [0.25, 0.3) is 0 Å². The second-order valence-electron chi connectivity index (χ2n) is 8.58. The van der Waals surface area contributed by atoms with E-state index in [0.29, 0.717) is 5.92 Å². The van der Waals surface area contributed by atoms with Crippen molar-refractivity contribution in [2.75, 3.05) is 24.5 Å². The van der Waals surface area contributed by atoms with E-state index in [4.69, 9.17) is 5.73 Å². The molecule has 7 heteroatoms. The molecule has 4 heterocycles. The van der Waals surface area contributed by atoms with Crippen LogP contribution in [-0.2, 0) is 0 Å². The number of rotatable bonds is 3. The summed E-state index contributed by atoms with van der Waals surface area (Å²) in [6.07, 6.45) is 7.04. The van der Waals surface area contributed by atoms with E-state index in [1.807, 2.05) is 24.5 Å². The van der Waals surface area contributed by atoms with Gasteiger partial charge in [0.05, 0.1) is 17.9 Å². The third-order valence-electron chi connectivity index (χ3n) is 6.67. The SMILES string of the molecule is N[C@H]1CCCN(c2cncc(C3CC4C(CN3)NNC4c3ccccc3F)c2)C1. The van der Waals surface area contributed by atoms with E-state index in [2.05, 4.69) is 32.1 Å². The fourth-order valence-electron chi connectivity index (χ4n) is 5.11. The van der Waals surface area contributed by atoms with Crippen molar-refractivity contribution in [1.82, 2.24) is 21.2 Å². The smallest absolute Gasteiger partial charge is 0.128 e. The second kappa shape index (κ2) is 7.99. The standard InChI is InChI=1S/C22H29FN6/c23-19-6-2-1-5-17(19)22-18-9-20(26-12-21(18)27-28-22)14-8-16(11-25-10-14)29-7-3-4-15(24)13-29/h1-2,5-6,8,10-11,15,18,20-22,26-28H,3-4,7,9,12-13,24H2/t15-,18?,20?,21?,22?/m0/s1. The molecule has 3 aliphatic rings. The van der Waals surface area contributed by atoms with Crippen LogP contribution in [0.5, 0.6) is 0 Å². The van der Waals surface area contributed by atoms with Crippen molar-refractivity contribution in [3.8, 4) is 0 Å². The Hall–Kier alpha value is -2.06. The van der Waals surface area contributed by atoms with Gasteiger partial charge in [-0.15, -0.1) is 0 Å². The van der Waals surface area contributed by atoms with E-state index in [0.717, 1.165) is 50.1 Å². The number of halogens is 1. The summed E-state index contributed by atoms with van der Waals surface area (Å²) in [6, 6.07) is 10.0. The normalized spacial score (nSPS) is 32.2. The number of hydrogen-bond donors (Lipinski definition) is 4. The van der Waals surface area contributed by atoms with Crippen molar-refractivity contribution in [1.29, 1.82) is 0 Å². The maximum absolute atomic E-state index is 14.4. The van der Waals surface area contributed by atoms with Crippen molar-refractivity contribution >= 4 is 5.69 Å². The van der Waals surface area contributed by atoms with Crippen molar-refractivity contribution in [3.63, 3.8) is 0 Å². The van der Waals surface area contributed by atoms with Gasteiger partial charge in [-0.2, -0.15) is 0 Å². The average Bonchev–Trinajstić information content (AvgIpc) is 3.17. The molecule has 3 fully saturated rings. The number of nitrogens with one attached hydrogen (secondary N) is 3. The lowest BCUT2D eigenvalue weighted by Crippen LogP contribution is -2.46. The maximum atomic E-state index is 14.4. The summed E-state index contributed by atoms with van der Waals surface area (Å²) >= 11 is 0. The predicted molar refractivity (Wildman–Crippen MR) is 112 cm³/mol. The summed E-state index contributed by atoms with van der Waals surface area (Å²) in [5.74, 6) is 0.165. The van der Waals surface area contributed by atoms with Crippen molar-refractivity contribution < 1.29 is 4.39 Å². The first-order valence-electron chi connectivity index (χ1n) is 10.6. The highest BCUT2D eigenvalue weighted by Crippen LogP contribution is 2.39. The molecule has 0 radical (unpaired) electrons. The van der Waals surface area contributed by atoms with Crippen LogP contribution in [0.1, 0.15) is 42.5 Å². The maximum Gasteiger partial charge on any atom is 0.128 e. The monoisotopic (exact) mass is 396 g/mol. The van der Waals surface area contributed by atoms with Crippen molar-refractivity contribution in [3.05, 3.63) is 59.7 Å². The number of fused-ring (bicyclic) bond motifs is 1. The highest BCUT2D eigenvalue weighted by atomic mass is 19.1. The minimum atomic E-state index is -0.146. The molecule has 154 valence electrons. The first kappa shape index (κ1) is 18.9. The van der Waals surface area contributed by atoms with Crippen LogP contribution in [0, 0.1) is 11.7 Å². The highest BCUT2D eigenvalue weighted by molar-refractivity contribution is 5.47. The molecule has 29 heavy (non-hydrogen) atoms. The second-order valence-corrected chi connectivity index (χ2v) is 8.58. The number of nitrogens with two attached hydrogens (primary N) is 1. The lowest BCUT2D eigenvalue weighted by molar-refractivity contribution is 0.264. The quantitative estimate of drug-likeness (QED) is 0.636. The molecule has 5 atom stereocenters. The van der Waals surface area contributed by atoms with Gasteiger partial charge in [-0.25, -0.2) is 9.82 Å². The van der Waals surface area contributed by atoms with Crippen LogP contribution in [-0.4, -0.2) is 36.7 Å². The minimum Gasteiger partial charge on any atom is -0.369 e. The molecule has 0 saturated carbocycles. The Labute approximate surface area is 171 Å². The van der Waals surface area contributed by atoms with Gasteiger partial charge in [0.15, 0.2) is 0 Å². The number of hydrazine groups is 1.